The van der Waals surface area contributed by atoms with Crippen LogP contribution >= 0.6 is 0 Å². The standard InChI is InChI=1S/C19H23NO2S/c1-3-14(2)15-8-11-19(12-9-15)23(21,22)20-18-10-7-16-5-4-6-17(16)13-18/h7-14,20H,3-6H2,1-2H3. The normalized spacial score (nSPS) is 15.2. The Kier molecular flexibility index (Phi) is 4.44. The predicted molar refractivity (Wildman–Crippen MR) is 94.4 cm³/mol. The molecule has 0 saturated carbocycles. The minimum absolute atomic E-state index is 0.310. The van der Waals surface area contributed by atoms with Crippen molar-refractivity contribution in [2.24, 2.45) is 0 Å². The lowest BCUT2D eigenvalue weighted by Crippen LogP contribution is -2.13. The second kappa shape index (κ2) is 6.36. The van der Waals surface area contributed by atoms with E-state index in [2.05, 4.69) is 18.6 Å². The van der Waals surface area contributed by atoms with E-state index in [1.54, 1.807) is 12.1 Å². The fourth-order valence-electron chi connectivity index (χ4n) is 3.06. The molecule has 1 N–H and O–H groups in total. The fraction of sp³-hybridized carbons (Fsp3) is 0.368. The zero-order valence-electron chi connectivity index (χ0n) is 13.7. The first-order valence-electron chi connectivity index (χ1n) is 8.24. The Morgan fingerprint density at radius 2 is 1.74 bits per heavy atom. The summed E-state index contributed by atoms with van der Waals surface area (Å²) in [6.45, 7) is 4.27. The minimum atomic E-state index is -3.53. The molecule has 0 amide bonds. The first-order chi connectivity index (χ1) is 11.0. The first-order valence-corrected chi connectivity index (χ1v) is 9.72. The van der Waals surface area contributed by atoms with Crippen molar-refractivity contribution < 1.29 is 8.42 Å². The Hall–Kier alpha value is -1.81. The van der Waals surface area contributed by atoms with E-state index in [-0.39, 0.29) is 0 Å². The highest BCUT2D eigenvalue weighted by Crippen LogP contribution is 2.27. The maximum absolute atomic E-state index is 12.5. The number of aryl methyl sites for hydroxylation is 2. The van der Waals surface area contributed by atoms with E-state index in [0.717, 1.165) is 25.7 Å². The summed E-state index contributed by atoms with van der Waals surface area (Å²) >= 11 is 0. The molecule has 0 aliphatic heterocycles. The van der Waals surface area contributed by atoms with Gasteiger partial charge in [-0.25, -0.2) is 8.42 Å². The molecule has 23 heavy (non-hydrogen) atoms. The topological polar surface area (TPSA) is 46.2 Å². The molecule has 1 aliphatic carbocycles. The summed E-state index contributed by atoms with van der Waals surface area (Å²) in [7, 11) is -3.53. The van der Waals surface area contributed by atoms with Gasteiger partial charge in [0, 0.05) is 5.69 Å². The van der Waals surface area contributed by atoms with Crippen LogP contribution in [0.5, 0.6) is 0 Å². The summed E-state index contributed by atoms with van der Waals surface area (Å²) in [5.41, 5.74) is 4.42. The summed E-state index contributed by atoms with van der Waals surface area (Å²) in [6, 6.07) is 13.1. The van der Waals surface area contributed by atoms with Crippen LogP contribution in [0.1, 0.15) is 49.3 Å². The lowest BCUT2D eigenvalue weighted by Gasteiger charge is -2.12. The number of benzene rings is 2. The number of hydrogen-bond acceptors (Lipinski definition) is 2. The summed E-state index contributed by atoms with van der Waals surface area (Å²) in [5.74, 6) is 0.441. The van der Waals surface area contributed by atoms with Crippen LogP contribution < -0.4 is 4.72 Å². The van der Waals surface area contributed by atoms with Gasteiger partial charge in [0.1, 0.15) is 0 Å². The molecule has 2 aromatic carbocycles. The van der Waals surface area contributed by atoms with Crippen molar-refractivity contribution >= 4 is 15.7 Å². The predicted octanol–water partition coefficient (Wildman–Crippen LogP) is 4.49. The van der Waals surface area contributed by atoms with Gasteiger partial charge in [-0.05, 0) is 72.6 Å². The van der Waals surface area contributed by atoms with Gasteiger partial charge in [0.25, 0.3) is 10.0 Å². The molecular formula is C19H23NO2S. The van der Waals surface area contributed by atoms with Gasteiger partial charge >= 0.3 is 0 Å². The van der Waals surface area contributed by atoms with Crippen molar-refractivity contribution in [1.29, 1.82) is 0 Å². The van der Waals surface area contributed by atoms with Crippen LogP contribution in [0.3, 0.4) is 0 Å². The van der Waals surface area contributed by atoms with Crippen LogP contribution in [-0.2, 0) is 22.9 Å². The smallest absolute Gasteiger partial charge is 0.261 e. The van der Waals surface area contributed by atoms with Crippen LogP contribution in [0.25, 0.3) is 0 Å². The molecule has 0 heterocycles. The zero-order chi connectivity index (χ0) is 16.4. The number of rotatable bonds is 5. The third-order valence-corrected chi connectivity index (χ3v) is 6.12. The van der Waals surface area contributed by atoms with Crippen LogP contribution in [0.2, 0.25) is 0 Å². The minimum Gasteiger partial charge on any atom is -0.280 e. The molecule has 1 aliphatic rings. The lowest BCUT2D eigenvalue weighted by atomic mass is 9.99. The molecule has 0 saturated heterocycles. The molecule has 3 rings (SSSR count). The van der Waals surface area contributed by atoms with Crippen LogP contribution in [0.4, 0.5) is 5.69 Å². The molecule has 1 atom stereocenters. The van der Waals surface area contributed by atoms with Gasteiger partial charge < -0.3 is 0 Å². The molecule has 2 aromatic rings. The molecule has 0 radical (unpaired) electrons. The molecule has 3 nitrogen and oxygen atoms in total. The number of anilines is 1. The van der Waals surface area contributed by atoms with Crippen LogP contribution in [-0.4, -0.2) is 8.42 Å². The molecule has 0 spiro atoms. The zero-order valence-corrected chi connectivity index (χ0v) is 14.5. The highest BCUT2D eigenvalue weighted by atomic mass is 32.2. The van der Waals surface area contributed by atoms with E-state index in [0.29, 0.717) is 16.5 Å². The van der Waals surface area contributed by atoms with E-state index in [1.807, 2.05) is 30.3 Å². The highest BCUT2D eigenvalue weighted by molar-refractivity contribution is 7.92. The van der Waals surface area contributed by atoms with Crippen molar-refractivity contribution in [3.63, 3.8) is 0 Å². The Morgan fingerprint density at radius 3 is 2.43 bits per heavy atom. The molecule has 0 bridgehead atoms. The molecule has 0 fully saturated rings. The number of nitrogens with one attached hydrogen (secondary N) is 1. The second-order valence-electron chi connectivity index (χ2n) is 6.32. The Morgan fingerprint density at radius 1 is 1.04 bits per heavy atom. The van der Waals surface area contributed by atoms with Gasteiger partial charge in [-0.3, -0.25) is 4.72 Å². The molecule has 1 unspecified atom stereocenters. The Bertz CT molecular complexity index is 795. The average Bonchev–Trinajstić information content (AvgIpc) is 3.01. The van der Waals surface area contributed by atoms with Gasteiger partial charge in [0.15, 0.2) is 0 Å². The van der Waals surface area contributed by atoms with E-state index < -0.39 is 10.0 Å². The van der Waals surface area contributed by atoms with E-state index in [4.69, 9.17) is 0 Å². The van der Waals surface area contributed by atoms with Crippen molar-refractivity contribution in [3.8, 4) is 0 Å². The van der Waals surface area contributed by atoms with Gasteiger partial charge in [0.2, 0.25) is 0 Å². The van der Waals surface area contributed by atoms with E-state index >= 15 is 0 Å². The van der Waals surface area contributed by atoms with Gasteiger partial charge in [-0.1, -0.05) is 32.0 Å². The number of sulfonamides is 1. The van der Waals surface area contributed by atoms with Gasteiger partial charge in [0.05, 0.1) is 4.90 Å². The summed E-state index contributed by atoms with van der Waals surface area (Å²) < 4.78 is 27.8. The third kappa shape index (κ3) is 3.42. The lowest BCUT2D eigenvalue weighted by molar-refractivity contribution is 0.601. The van der Waals surface area contributed by atoms with Crippen LogP contribution in [0.15, 0.2) is 47.4 Å². The molecule has 4 heteroatoms. The Balaban J connectivity index is 1.81. The van der Waals surface area contributed by atoms with Crippen LogP contribution in [0, 0.1) is 0 Å². The van der Waals surface area contributed by atoms with Crippen molar-refractivity contribution in [1.82, 2.24) is 0 Å². The molecule has 0 aromatic heterocycles. The van der Waals surface area contributed by atoms with Crippen molar-refractivity contribution in [2.75, 3.05) is 4.72 Å². The summed E-state index contributed by atoms with van der Waals surface area (Å²) in [5, 5.41) is 0. The van der Waals surface area contributed by atoms with Crippen molar-refractivity contribution in [2.45, 2.75) is 50.3 Å². The highest BCUT2D eigenvalue weighted by Gasteiger charge is 2.17. The average molecular weight is 329 g/mol. The monoisotopic (exact) mass is 329 g/mol. The molecule has 122 valence electrons. The largest absolute Gasteiger partial charge is 0.280 e. The summed E-state index contributed by atoms with van der Waals surface area (Å²) in [6.07, 6.45) is 4.33. The maximum Gasteiger partial charge on any atom is 0.261 e. The molecular weight excluding hydrogens is 306 g/mol. The SMILES string of the molecule is CCC(C)c1ccc(S(=O)(=O)Nc2ccc3c(c2)CCC3)cc1. The Labute approximate surface area is 138 Å². The quantitative estimate of drug-likeness (QED) is 0.878. The number of fused-ring (bicyclic) bond motifs is 1. The van der Waals surface area contributed by atoms with E-state index in [1.165, 1.54) is 16.7 Å². The second-order valence-corrected chi connectivity index (χ2v) is 8.00. The maximum atomic E-state index is 12.5. The van der Waals surface area contributed by atoms with Gasteiger partial charge in [-0.2, -0.15) is 0 Å². The first kappa shape index (κ1) is 16.1. The van der Waals surface area contributed by atoms with E-state index in [9.17, 15) is 8.42 Å². The van der Waals surface area contributed by atoms with Crippen molar-refractivity contribution in [3.05, 3.63) is 59.2 Å². The third-order valence-electron chi connectivity index (χ3n) is 4.72. The summed E-state index contributed by atoms with van der Waals surface area (Å²) in [4.78, 5) is 0.310. The number of hydrogen-bond donors (Lipinski definition) is 1. The van der Waals surface area contributed by atoms with Gasteiger partial charge in [-0.15, -0.1) is 0 Å². The fourth-order valence-corrected chi connectivity index (χ4v) is 4.11.